The normalized spacial score (nSPS) is 24.6. The molecule has 0 bridgehead atoms. The molecule has 1 heterocycles. The Morgan fingerprint density at radius 2 is 2.25 bits per heavy atom. The summed E-state index contributed by atoms with van der Waals surface area (Å²) in [6, 6.07) is 0.646. The zero-order valence-corrected chi connectivity index (χ0v) is 11.2. The average molecular weight is 228 g/mol. The van der Waals surface area contributed by atoms with Crippen molar-refractivity contribution in [1.29, 1.82) is 0 Å². The van der Waals surface area contributed by atoms with Gasteiger partial charge in [0.1, 0.15) is 0 Å². The van der Waals surface area contributed by atoms with E-state index < -0.39 is 0 Å². The molecule has 1 rings (SSSR count). The van der Waals surface area contributed by atoms with E-state index in [1.807, 2.05) is 0 Å². The van der Waals surface area contributed by atoms with Crippen LogP contribution in [0.3, 0.4) is 0 Å². The highest BCUT2D eigenvalue weighted by Gasteiger charge is 2.19. The van der Waals surface area contributed by atoms with Crippen LogP contribution in [0.5, 0.6) is 0 Å². The smallest absolute Gasteiger partial charge is 0.0702 e. The van der Waals surface area contributed by atoms with Crippen molar-refractivity contribution in [2.45, 2.75) is 52.2 Å². The van der Waals surface area contributed by atoms with Crippen molar-refractivity contribution in [2.75, 3.05) is 32.8 Å². The third-order valence-corrected chi connectivity index (χ3v) is 3.40. The molecule has 0 aliphatic carbocycles. The van der Waals surface area contributed by atoms with Crippen molar-refractivity contribution >= 4 is 0 Å². The summed E-state index contributed by atoms with van der Waals surface area (Å²) in [5, 5.41) is 3.54. The lowest BCUT2D eigenvalue weighted by atomic mass is 10.1. The number of hydrogen-bond donors (Lipinski definition) is 1. The molecule has 1 fully saturated rings. The maximum Gasteiger partial charge on any atom is 0.0702 e. The SMILES string of the molecule is CCOC1CCCN(CCNC(C)CC)C1. The highest BCUT2D eigenvalue weighted by atomic mass is 16.5. The molecule has 0 spiro atoms. The van der Waals surface area contributed by atoms with Gasteiger partial charge in [-0.05, 0) is 39.7 Å². The molecule has 3 nitrogen and oxygen atoms in total. The van der Waals surface area contributed by atoms with Crippen LogP contribution in [0.4, 0.5) is 0 Å². The molecule has 16 heavy (non-hydrogen) atoms. The summed E-state index contributed by atoms with van der Waals surface area (Å²) in [5.41, 5.74) is 0. The van der Waals surface area contributed by atoms with Crippen LogP contribution in [0.2, 0.25) is 0 Å². The molecule has 0 radical (unpaired) electrons. The molecule has 96 valence electrons. The molecule has 2 unspecified atom stereocenters. The first-order valence-corrected chi connectivity index (χ1v) is 6.83. The summed E-state index contributed by atoms with van der Waals surface area (Å²) < 4.78 is 5.70. The van der Waals surface area contributed by atoms with Gasteiger partial charge in [0.05, 0.1) is 6.10 Å². The van der Waals surface area contributed by atoms with Crippen LogP contribution in [0, 0.1) is 0 Å². The van der Waals surface area contributed by atoms with Crippen LogP contribution in [0.1, 0.15) is 40.0 Å². The second kappa shape index (κ2) is 8.04. The zero-order valence-electron chi connectivity index (χ0n) is 11.2. The van der Waals surface area contributed by atoms with Gasteiger partial charge in [0.15, 0.2) is 0 Å². The molecule has 3 heteroatoms. The molecular weight excluding hydrogens is 200 g/mol. The lowest BCUT2D eigenvalue weighted by molar-refractivity contribution is 0.00623. The average Bonchev–Trinajstić information content (AvgIpc) is 2.30. The zero-order chi connectivity index (χ0) is 11.8. The molecule has 0 saturated carbocycles. The highest BCUT2D eigenvalue weighted by Crippen LogP contribution is 2.12. The lowest BCUT2D eigenvalue weighted by Crippen LogP contribution is -2.43. The van der Waals surface area contributed by atoms with E-state index in [9.17, 15) is 0 Å². The van der Waals surface area contributed by atoms with Crippen molar-refractivity contribution < 1.29 is 4.74 Å². The summed E-state index contributed by atoms with van der Waals surface area (Å²) >= 11 is 0. The lowest BCUT2D eigenvalue weighted by Gasteiger charge is -2.32. The van der Waals surface area contributed by atoms with E-state index in [4.69, 9.17) is 4.74 Å². The highest BCUT2D eigenvalue weighted by molar-refractivity contribution is 4.74. The van der Waals surface area contributed by atoms with E-state index >= 15 is 0 Å². The van der Waals surface area contributed by atoms with Crippen LogP contribution in [-0.4, -0.2) is 49.8 Å². The Labute approximate surface area is 101 Å². The predicted octanol–water partition coefficient (Wildman–Crippen LogP) is 1.88. The van der Waals surface area contributed by atoms with Gasteiger partial charge in [-0.1, -0.05) is 6.92 Å². The fourth-order valence-electron chi connectivity index (χ4n) is 2.20. The molecule has 0 aromatic heterocycles. The Hall–Kier alpha value is -0.120. The van der Waals surface area contributed by atoms with Gasteiger partial charge in [-0.15, -0.1) is 0 Å². The second-order valence-corrected chi connectivity index (χ2v) is 4.78. The number of piperidine rings is 1. The van der Waals surface area contributed by atoms with Crippen LogP contribution < -0.4 is 5.32 Å². The quantitative estimate of drug-likeness (QED) is 0.720. The second-order valence-electron chi connectivity index (χ2n) is 4.78. The number of rotatable bonds is 7. The van der Waals surface area contributed by atoms with E-state index in [2.05, 4.69) is 31.0 Å². The Morgan fingerprint density at radius 3 is 2.94 bits per heavy atom. The molecule has 1 N–H and O–H groups in total. The van der Waals surface area contributed by atoms with Gasteiger partial charge in [0.25, 0.3) is 0 Å². The van der Waals surface area contributed by atoms with Crippen molar-refractivity contribution in [1.82, 2.24) is 10.2 Å². The fourth-order valence-corrected chi connectivity index (χ4v) is 2.20. The van der Waals surface area contributed by atoms with E-state index in [1.165, 1.54) is 25.8 Å². The van der Waals surface area contributed by atoms with E-state index in [0.717, 1.165) is 26.2 Å². The molecule has 1 saturated heterocycles. The number of nitrogens with zero attached hydrogens (tertiary/aromatic N) is 1. The number of hydrogen-bond acceptors (Lipinski definition) is 3. The molecule has 0 amide bonds. The monoisotopic (exact) mass is 228 g/mol. The minimum Gasteiger partial charge on any atom is -0.377 e. The first-order chi connectivity index (χ1) is 7.76. The van der Waals surface area contributed by atoms with Crippen LogP contribution in [0.15, 0.2) is 0 Å². The largest absolute Gasteiger partial charge is 0.377 e. The molecule has 0 aromatic rings. The Bertz CT molecular complexity index is 173. The number of likely N-dealkylation sites (tertiary alicyclic amines) is 1. The Balaban J connectivity index is 2.11. The molecule has 1 aliphatic rings. The Kier molecular flexibility index (Phi) is 7.01. The van der Waals surface area contributed by atoms with Crippen LogP contribution in [0.25, 0.3) is 0 Å². The number of nitrogens with one attached hydrogen (secondary N) is 1. The minimum atomic E-state index is 0.474. The van der Waals surface area contributed by atoms with Crippen LogP contribution in [-0.2, 0) is 4.74 Å². The first-order valence-electron chi connectivity index (χ1n) is 6.83. The first kappa shape index (κ1) is 13.9. The van der Waals surface area contributed by atoms with Gasteiger partial charge in [-0.2, -0.15) is 0 Å². The third-order valence-electron chi connectivity index (χ3n) is 3.40. The molecular formula is C13H28N2O. The summed E-state index contributed by atoms with van der Waals surface area (Å²) in [4.78, 5) is 2.53. The van der Waals surface area contributed by atoms with Gasteiger partial charge in [-0.3, -0.25) is 4.90 Å². The van der Waals surface area contributed by atoms with E-state index in [1.54, 1.807) is 0 Å². The number of ether oxygens (including phenoxy) is 1. The Morgan fingerprint density at radius 1 is 1.44 bits per heavy atom. The van der Waals surface area contributed by atoms with Gasteiger partial charge in [-0.25, -0.2) is 0 Å². The predicted molar refractivity (Wildman–Crippen MR) is 68.8 cm³/mol. The van der Waals surface area contributed by atoms with E-state index in [0.29, 0.717) is 12.1 Å². The maximum atomic E-state index is 5.70. The molecule has 1 aliphatic heterocycles. The van der Waals surface area contributed by atoms with Gasteiger partial charge in [0.2, 0.25) is 0 Å². The summed E-state index contributed by atoms with van der Waals surface area (Å²) in [5.74, 6) is 0. The molecule has 0 aromatic carbocycles. The van der Waals surface area contributed by atoms with Crippen molar-refractivity contribution in [3.63, 3.8) is 0 Å². The van der Waals surface area contributed by atoms with Gasteiger partial charge < -0.3 is 10.1 Å². The van der Waals surface area contributed by atoms with Crippen LogP contribution >= 0.6 is 0 Å². The van der Waals surface area contributed by atoms with Gasteiger partial charge in [0, 0.05) is 32.3 Å². The fraction of sp³-hybridized carbons (Fsp3) is 1.00. The summed E-state index contributed by atoms with van der Waals surface area (Å²) in [6.45, 7) is 12.0. The minimum absolute atomic E-state index is 0.474. The molecule has 2 atom stereocenters. The summed E-state index contributed by atoms with van der Waals surface area (Å²) in [6.07, 6.45) is 4.21. The van der Waals surface area contributed by atoms with Gasteiger partial charge >= 0.3 is 0 Å². The van der Waals surface area contributed by atoms with E-state index in [-0.39, 0.29) is 0 Å². The van der Waals surface area contributed by atoms with Crippen molar-refractivity contribution in [3.05, 3.63) is 0 Å². The van der Waals surface area contributed by atoms with Crippen molar-refractivity contribution in [2.24, 2.45) is 0 Å². The standard InChI is InChI=1S/C13H28N2O/c1-4-12(3)14-8-10-15-9-6-7-13(11-15)16-5-2/h12-14H,4-11H2,1-3H3. The summed E-state index contributed by atoms with van der Waals surface area (Å²) in [7, 11) is 0. The maximum absolute atomic E-state index is 5.70. The topological polar surface area (TPSA) is 24.5 Å². The third kappa shape index (κ3) is 5.28. The van der Waals surface area contributed by atoms with Crippen molar-refractivity contribution in [3.8, 4) is 0 Å².